The first-order valence-corrected chi connectivity index (χ1v) is 28.5. The fourth-order valence-electron chi connectivity index (χ4n) is 8.89. The number of hydrogen-bond acceptors (Lipinski definition) is 6. The predicted octanol–water partition coefficient (Wildman–Crippen LogP) is 18.0. The van der Waals surface area contributed by atoms with Gasteiger partial charge < -0.3 is 19.7 Å². The van der Waals surface area contributed by atoms with Crippen molar-refractivity contribution in [2.75, 3.05) is 26.7 Å². The average molecular weight is 928 g/mol. The van der Waals surface area contributed by atoms with Gasteiger partial charge in [-0.15, -0.1) is 0 Å². The molecular formula is C57H114O6S. The van der Waals surface area contributed by atoms with Gasteiger partial charge in [0.05, 0.1) is 0 Å². The van der Waals surface area contributed by atoms with Crippen LogP contribution in [-0.4, -0.2) is 51.1 Å². The van der Waals surface area contributed by atoms with Gasteiger partial charge in [0.1, 0.15) is 27.1 Å². The Morgan fingerprint density at radius 3 is 0.766 bits per heavy atom. The highest BCUT2D eigenvalue weighted by atomic mass is 32.2. The number of rotatable bonds is 0. The molecule has 2 aromatic rings. The number of fused-ring (bicyclic) bond motifs is 10. The maximum atomic E-state index is 9.63. The highest BCUT2D eigenvalue weighted by molar-refractivity contribution is 7.89. The van der Waals surface area contributed by atoms with E-state index in [1.54, 1.807) is 140 Å². The summed E-state index contributed by atoms with van der Waals surface area (Å²) in [6.07, 6.45) is 23.9. The van der Waals surface area contributed by atoms with Gasteiger partial charge in [-0.05, 0) is 150 Å². The van der Waals surface area contributed by atoms with E-state index < -0.39 is 9.84 Å². The summed E-state index contributed by atoms with van der Waals surface area (Å²) in [7, 11) is 0.583. The minimum absolute atomic E-state index is 0.167. The molecular weight excluding hydrogens is 813 g/mol. The molecule has 6 nitrogen and oxygen atoms in total. The molecule has 384 valence electrons. The summed E-state index contributed by atoms with van der Waals surface area (Å²) in [5.41, 5.74) is 0. The highest BCUT2D eigenvalue weighted by Gasteiger charge is 2.49. The number of hydrogen-bond donors (Lipinski definition) is 2. The molecule has 8 rings (SSSR count). The molecule has 0 amide bonds. The maximum absolute atomic E-state index is 9.63. The number of methoxy groups -OCH3 is 1. The van der Waals surface area contributed by atoms with E-state index in [1.165, 1.54) is 74.0 Å². The molecule has 2 N–H and O–H groups in total. The molecule has 0 aromatic heterocycles. The van der Waals surface area contributed by atoms with Crippen LogP contribution in [0.3, 0.4) is 0 Å². The molecule has 0 heterocycles. The number of benzene rings is 2. The van der Waals surface area contributed by atoms with E-state index in [0.717, 1.165) is 12.5 Å². The number of Topliss-reactive ketones (excluding diaryl/α,β-unsaturated/α-hetero) is 1. The second kappa shape index (κ2) is 56.7. The summed E-state index contributed by atoms with van der Waals surface area (Å²) < 4.78 is 23.5. The fraction of sp³-hybridized carbons (Fsp3) is 0.772. The van der Waals surface area contributed by atoms with Gasteiger partial charge in [-0.1, -0.05) is 173 Å². The average Bonchev–Trinajstić information content (AvgIpc) is 4.16. The van der Waals surface area contributed by atoms with Crippen LogP contribution in [0.4, 0.5) is 0 Å². The molecule has 8 unspecified atom stereocenters. The third-order valence-electron chi connectivity index (χ3n) is 10.2. The molecule has 6 aliphatic carbocycles. The number of carbonyl (C=O) groups excluding carboxylic acids is 1. The van der Waals surface area contributed by atoms with Crippen molar-refractivity contribution in [1.29, 1.82) is 0 Å². The third-order valence-corrected chi connectivity index (χ3v) is 10.2. The van der Waals surface area contributed by atoms with Crippen molar-refractivity contribution in [2.24, 2.45) is 47.3 Å². The smallest absolute Gasteiger partial charge is 0.144 e. The summed E-state index contributed by atoms with van der Waals surface area (Å²) in [4.78, 5) is 9.44. The SMILES string of the molecule is C1CC2C3CCC(C3)C2C1.C1CC2C3CCC(C3)C2C1.CC.CC.CC.CC.CC.CC.CC(C)=O.CCC.CCC.COC.CS(C)(=O)=O.Oc1ccccc1.Oc1ccccc1. The number of ketones is 1. The van der Waals surface area contributed by atoms with E-state index in [1.807, 2.05) is 95.2 Å². The van der Waals surface area contributed by atoms with E-state index >= 15 is 0 Å². The molecule has 0 radical (unpaired) electrons. The summed E-state index contributed by atoms with van der Waals surface area (Å²) >= 11 is 0. The Morgan fingerprint density at radius 2 is 0.641 bits per heavy atom. The topological polar surface area (TPSA) is 101 Å². The van der Waals surface area contributed by atoms with Crippen LogP contribution in [0.25, 0.3) is 0 Å². The van der Waals surface area contributed by atoms with Gasteiger partial charge in [0, 0.05) is 26.7 Å². The van der Waals surface area contributed by atoms with Crippen molar-refractivity contribution in [2.45, 2.75) is 215 Å². The number of carbonyl (C=O) groups is 1. The molecule has 0 aliphatic heterocycles. The van der Waals surface area contributed by atoms with Gasteiger partial charge in [-0.25, -0.2) is 8.42 Å². The summed E-state index contributed by atoms with van der Waals surface area (Å²) in [5.74, 6) is 10.4. The molecule has 6 aliphatic rings. The molecule has 6 saturated carbocycles. The summed E-state index contributed by atoms with van der Waals surface area (Å²) in [6, 6.07) is 17.4. The van der Waals surface area contributed by atoms with Crippen LogP contribution < -0.4 is 0 Å². The van der Waals surface area contributed by atoms with E-state index in [2.05, 4.69) is 32.4 Å². The minimum atomic E-state index is -2.67. The van der Waals surface area contributed by atoms with Crippen LogP contribution in [0.5, 0.6) is 11.5 Å². The molecule has 8 atom stereocenters. The molecule has 2 aromatic carbocycles. The maximum Gasteiger partial charge on any atom is 0.144 e. The quantitative estimate of drug-likeness (QED) is 0.273. The zero-order valence-corrected chi connectivity index (χ0v) is 47.5. The Bertz CT molecular complexity index is 1110. The van der Waals surface area contributed by atoms with Crippen LogP contribution in [0, 0.1) is 47.3 Å². The minimum Gasteiger partial charge on any atom is -0.508 e. The zero-order chi connectivity index (χ0) is 51.5. The van der Waals surface area contributed by atoms with Crippen LogP contribution in [0.15, 0.2) is 60.7 Å². The lowest BCUT2D eigenvalue weighted by molar-refractivity contribution is -0.115. The normalized spacial score (nSPS) is 22.6. The van der Waals surface area contributed by atoms with Crippen molar-refractivity contribution in [3.8, 4) is 11.5 Å². The molecule has 64 heavy (non-hydrogen) atoms. The standard InChI is InChI=1S/2C10H16.2C6H6O.C3H6O.2C3H8.C2H6O2S.C2H6O.6C2H6/c2*1-2-9-7-4-5-8(6-7)10(9)3-1;2*7-6-4-2-1-3-5-6;1-3(2)4;2*1-3-2;1-5(2,3)4;1-3-2;6*1-2/h2*7-10H,1-6H2;2*1-5,7H;1-2H3;2*3H2,1-2H3;1-2H3;1-2H3;6*1-2H3. The Balaban J connectivity index is -0.000000114. The van der Waals surface area contributed by atoms with Crippen molar-refractivity contribution < 1.29 is 28.2 Å². The molecule has 6 fully saturated rings. The third kappa shape index (κ3) is 44.8. The number of ether oxygens (including phenoxy) is 1. The van der Waals surface area contributed by atoms with E-state index in [9.17, 15) is 13.2 Å². The van der Waals surface area contributed by atoms with Crippen molar-refractivity contribution in [3.63, 3.8) is 0 Å². The Labute approximate surface area is 402 Å². The summed E-state index contributed by atoms with van der Waals surface area (Å²) in [5, 5.41) is 17.3. The van der Waals surface area contributed by atoms with Crippen molar-refractivity contribution >= 4 is 15.6 Å². The first-order valence-electron chi connectivity index (χ1n) is 26.2. The van der Waals surface area contributed by atoms with Crippen LogP contribution in [-0.2, 0) is 19.4 Å². The van der Waals surface area contributed by atoms with Crippen LogP contribution in [0.1, 0.15) is 215 Å². The number of sulfone groups is 1. The van der Waals surface area contributed by atoms with E-state index in [0.29, 0.717) is 11.5 Å². The fourth-order valence-corrected chi connectivity index (χ4v) is 8.89. The van der Waals surface area contributed by atoms with Gasteiger partial charge in [-0.3, -0.25) is 0 Å². The lowest BCUT2D eigenvalue weighted by atomic mass is 9.82. The van der Waals surface area contributed by atoms with Gasteiger partial charge in [-0.2, -0.15) is 0 Å². The van der Waals surface area contributed by atoms with E-state index in [-0.39, 0.29) is 5.78 Å². The number of para-hydroxylation sites is 2. The monoisotopic (exact) mass is 927 g/mol. The van der Waals surface area contributed by atoms with Crippen molar-refractivity contribution in [3.05, 3.63) is 60.7 Å². The highest BCUT2D eigenvalue weighted by Crippen LogP contribution is 2.59. The van der Waals surface area contributed by atoms with Gasteiger partial charge >= 0.3 is 0 Å². The second-order valence-corrected chi connectivity index (χ2v) is 18.0. The zero-order valence-electron chi connectivity index (χ0n) is 46.7. The lowest BCUT2D eigenvalue weighted by Gasteiger charge is -2.23. The Kier molecular flexibility index (Phi) is 67.3. The van der Waals surface area contributed by atoms with E-state index in [4.69, 9.17) is 10.2 Å². The van der Waals surface area contributed by atoms with Crippen molar-refractivity contribution in [1.82, 2.24) is 0 Å². The van der Waals surface area contributed by atoms with Gasteiger partial charge in [0.25, 0.3) is 0 Å². The molecule has 0 spiro atoms. The molecule has 4 bridgehead atoms. The van der Waals surface area contributed by atoms with Crippen LogP contribution in [0.2, 0.25) is 0 Å². The van der Waals surface area contributed by atoms with Crippen LogP contribution >= 0.6 is 0 Å². The molecule has 0 saturated heterocycles. The predicted molar refractivity (Wildman–Crippen MR) is 290 cm³/mol. The van der Waals surface area contributed by atoms with Gasteiger partial charge in [0.15, 0.2) is 0 Å². The lowest BCUT2D eigenvalue weighted by Crippen LogP contribution is -2.15. The van der Waals surface area contributed by atoms with Gasteiger partial charge in [0.2, 0.25) is 0 Å². The Morgan fingerprint density at radius 1 is 0.484 bits per heavy atom. The number of phenolic OH excluding ortho intramolecular Hbond substituents is 2. The number of phenols is 2. The number of aromatic hydroxyl groups is 2. The second-order valence-electron chi connectivity index (χ2n) is 15.7. The first-order chi connectivity index (χ1) is 30.7. The Hall–Kier alpha value is -2.38. The largest absolute Gasteiger partial charge is 0.508 e. The molecule has 7 heteroatoms. The first kappa shape index (κ1) is 75.9. The summed E-state index contributed by atoms with van der Waals surface area (Å²) in [6.45, 7) is 35.6.